The van der Waals surface area contributed by atoms with Gasteiger partial charge in [0.25, 0.3) is 0 Å². The van der Waals surface area contributed by atoms with Crippen molar-refractivity contribution in [1.29, 1.82) is 0 Å². The number of allylic oxidation sites excluding steroid dienone is 3. The van der Waals surface area contributed by atoms with Crippen LogP contribution in [0.2, 0.25) is 0 Å². The number of benzene rings is 2. The Hall–Kier alpha value is -3.51. The Kier molecular flexibility index (Phi) is 10.9. The van der Waals surface area contributed by atoms with Crippen LogP contribution in [0.3, 0.4) is 0 Å². The van der Waals surface area contributed by atoms with Crippen molar-refractivity contribution < 1.29 is 19.0 Å². The van der Waals surface area contributed by atoms with E-state index in [2.05, 4.69) is 61.2 Å². The van der Waals surface area contributed by atoms with Gasteiger partial charge in [-0.2, -0.15) is 0 Å². The van der Waals surface area contributed by atoms with Crippen LogP contribution in [0.4, 0.5) is 5.69 Å². The van der Waals surface area contributed by atoms with Crippen molar-refractivity contribution in [1.82, 2.24) is 4.90 Å². The maximum atomic E-state index is 13.8. The Morgan fingerprint density at radius 2 is 1.98 bits per heavy atom. The number of aryl methyl sites for hydroxylation is 2. The zero-order chi connectivity index (χ0) is 28.3. The van der Waals surface area contributed by atoms with E-state index in [1.54, 1.807) is 7.11 Å². The molecule has 0 radical (unpaired) electrons. The first kappa shape index (κ1) is 29.5. The minimum Gasteiger partial charge on any atom is -0.496 e. The number of ether oxygens (including phenoxy) is 3. The standard InChI is InChI=1S/C34H44N2O4/c1-5-7-20-36(30-15-10-12-26(3)21-30)34(37)24-35-23-27(13-11-17-33-31(6-2)39-25-40-33)22-29(35)19-18-28-14-8-9-16-32(28)38-4/h6,8-17,21,27,29H,5,7,18-20,22-25H2,1-4H3/b13-11+,31-6+,33-17+/t27?,29-/m0/s1. The number of likely N-dealkylation sites (tertiary alicyclic amines) is 1. The predicted octanol–water partition coefficient (Wildman–Crippen LogP) is 6.81. The fourth-order valence-corrected chi connectivity index (χ4v) is 5.61. The number of methoxy groups -OCH3 is 1. The van der Waals surface area contributed by atoms with Crippen molar-refractivity contribution in [2.75, 3.05) is 38.4 Å². The van der Waals surface area contributed by atoms with Crippen molar-refractivity contribution in [2.45, 2.75) is 58.9 Å². The lowest BCUT2D eigenvalue weighted by Gasteiger charge is -2.29. The Morgan fingerprint density at radius 1 is 1.15 bits per heavy atom. The third kappa shape index (κ3) is 7.79. The minimum atomic E-state index is 0.169. The van der Waals surface area contributed by atoms with E-state index >= 15 is 0 Å². The molecule has 0 spiro atoms. The first-order valence-electron chi connectivity index (χ1n) is 14.6. The Bertz CT molecular complexity index is 1220. The number of hydrogen-bond donors (Lipinski definition) is 0. The van der Waals surface area contributed by atoms with Crippen molar-refractivity contribution >= 4 is 11.6 Å². The molecule has 0 saturated carbocycles. The molecule has 6 nitrogen and oxygen atoms in total. The lowest BCUT2D eigenvalue weighted by molar-refractivity contribution is -0.120. The third-order valence-electron chi connectivity index (χ3n) is 7.75. The lowest BCUT2D eigenvalue weighted by Crippen LogP contribution is -2.43. The molecule has 6 heteroatoms. The molecule has 4 rings (SSSR count). The first-order chi connectivity index (χ1) is 19.5. The van der Waals surface area contributed by atoms with Gasteiger partial charge in [-0.15, -0.1) is 0 Å². The Balaban J connectivity index is 1.50. The van der Waals surface area contributed by atoms with E-state index in [9.17, 15) is 4.79 Å². The van der Waals surface area contributed by atoms with Gasteiger partial charge in [0.1, 0.15) is 5.75 Å². The summed E-state index contributed by atoms with van der Waals surface area (Å²) in [6, 6.07) is 16.8. The van der Waals surface area contributed by atoms with Crippen LogP contribution < -0.4 is 9.64 Å². The quantitative estimate of drug-likeness (QED) is 0.294. The van der Waals surface area contributed by atoms with Gasteiger partial charge in [0.2, 0.25) is 12.7 Å². The maximum Gasteiger partial charge on any atom is 0.241 e. The lowest BCUT2D eigenvalue weighted by atomic mass is 9.99. The molecule has 2 aliphatic heterocycles. The zero-order valence-electron chi connectivity index (χ0n) is 24.5. The van der Waals surface area contributed by atoms with Crippen molar-refractivity contribution in [3.8, 4) is 5.75 Å². The molecular formula is C34H44N2O4. The number of amides is 1. The number of nitrogens with zero attached hydrogens (tertiary/aromatic N) is 2. The monoisotopic (exact) mass is 544 g/mol. The molecule has 2 fully saturated rings. The topological polar surface area (TPSA) is 51.2 Å². The molecule has 0 aromatic heterocycles. The minimum absolute atomic E-state index is 0.169. The van der Waals surface area contributed by atoms with E-state index in [1.807, 2.05) is 42.2 Å². The summed E-state index contributed by atoms with van der Waals surface area (Å²) in [5, 5.41) is 0. The summed E-state index contributed by atoms with van der Waals surface area (Å²) in [5.74, 6) is 2.99. The van der Waals surface area contributed by atoms with Gasteiger partial charge in [0.15, 0.2) is 11.5 Å². The molecule has 2 atom stereocenters. The molecular weight excluding hydrogens is 500 g/mol. The molecule has 0 N–H and O–H groups in total. The highest BCUT2D eigenvalue weighted by molar-refractivity contribution is 5.94. The average molecular weight is 545 g/mol. The molecule has 0 aliphatic carbocycles. The molecule has 2 aromatic rings. The predicted molar refractivity (Wildman–Crippen MR) is 161 cm³/mol. The number of unbranched alkanes of at least 4 members (excludes halogenated alkanes) is 1. The van der Waals surface area contributed by atoms with E-state index in [1.165, 1.54) is 11.1 Å². The van der Waals surface area contributed by atoms with Crippen LogP contribution in [-0.4, -0.2) is 50.4 Å². The van der Waals surface area contributed by atoms with Crippen LogP contribution in [0, 0.1) is 12.8 Å². The number of para-hydroxylation sites is 1. The van der Waals surface area contributed by atoms with Crippen LogP contribution in [0.15, 0.2) is 84.4 Å². The van der Waals surface area contributed by atoms with Gasteiger partial charge in [-0.25, -0.2) is 0 Å². The summed E-state index contributed by atoms with van der Waals surface area (Å²) in [6.45, 7) is 8.46. The van der Waals surface area contributed by atoms with Crippen LogP contribution in [-0.2, 0) is 20.7 Å². The van der Waals surface area contributed by atoms with Crippen LogP contribution in [0.25, 0.3) is 0 Å². The Morgan fingerprint density at radius 3 is 2.75 bits per heavy atom. The third-order valence-corrected chi connectivity index (χ3v) is 7.75. The highest BCUT2D eigenvalue weighted by Gasteiger charge is 2.33. The second-order valence-electron chi connectivity index (χ2n) is 10.6. The van der Waals surface area contributed by atoms with E-state index in [0.29, 0.717) is 18.5 Å². The molecule has 0 bridgehead atoms. The Labute approximate surface area is 239 Å². The molecule has 2 saturated heterocycles. The molecule has 2 heterocycles. The molecule has 214 valence electrons. The summed E-state index contributed by atoms with van der Waals surface area (Å²) >= 11 is 0. The number of carbonyl (C=O) groups is 1. The van der Waals surface area contributed by atoms with Crippen LogP contribution >= 0.6 is 0 Å². The van der Waals surface area contributed by atoms with Gasteiger partial charge in [0.05, 0.1) is 13.7 Å². The number of rotatable bonds is 12. The van der Waals surface area contributed by atoms with Crippen LogP contribution in [0.5, 0.6) is 5.75 Å². The van der Waals surface area contributed by atoms with Crippen molar-refractivity contribution in [3.05, 3.63) is 95.5 Å². The molecule has 1 unspecified atom stereocenters. The van der Waals surface area contributed by atoms with Crippen LogP contribution in [0.1, 0.15) is 50.7 Å². The van der Waals surface area contributed by atoms with Gasteiger partial charge in [0, 0.05) is 24.8 Å². The summed E-state index contributed by atoms with van der Waals surface area (Å²) in [4.78, 5) is 18.2. The fraction of sp³-hybridized carbons (Fsp3) is 0.441. The second kappa shape index (κ2) is 14.8. The van der Waals surface area contributed by atoms with Gasteiger partial charge < -0.3 is 19.1 Å². The zero-order valence-corrected chi connectivity index (χ0v) is 24.5. The highest BCUT2D eigenvalue weighted by Crippen LogP contribution is 2.30. The maximum absolute atomic E-state index is 13.8. The van der Waals surface area contributed by atoms with Gasteiger partial charge in [-0.1, -0.05) is 55.8 Å². The summed E-state index contributed by atoms with van der Waals surface area (Å²) in [6.07, 6.45) is 13.1. The number of anilines is 1. The second-order valence-corrected chi connectivity index (χ2v) is 10.6. The molecule has 40 heavy (non-hydrogen) atoms. The van der Waals surface area contributed by atoms with E-state index in [-0.39, 0.29) is 12.7 Å². The normalized spacial score (nSPS) is 21.2. The number of carbonyl (C=O) groups excluding carboxylic acids is 1. The van der Waals surface area contributed by atoms with Gasteiger partial charge >= 0.3 is 0 Å². The smallest absolute Gasteiger partial charge is 0.241 e. The van der Waals surface area contributed by atoms with Crippen molar-refractivity contribution in [2.24, 2.45) is 5.92 Å². The molecule has 2 aliphatic rings. The van der Waals surface area contributed by atoms with Crippen molar-refractivity contribution in [3.63, 3.8) is 0 Å². The van der Waals surface area contributed by atoms with Gasteiger partial charge in [-0.3, -0.25) is 9.69 Å². The SMILES string of the molecule is C/C=C1/OCO/C1=C/C=C/C1C[C@H](CCc2ccccc2OC)N(CC(=O)N(CCCC)c2cccc(C)c2)C1. The van der Waals surface area contributed by atoms with E-state index in [4.69, 9.17) is 14.2 Å². The summed E-state index contributed by atoms with van der Waals surface area (Å²) < 4.78 is 16.7. The highest BCUT2D eigenvalue weighted by atomic mass is 16.7. The molecule has 2 aromatic carbocycles. The van der Waals surface area contributed by atoms with E-state index in [0.717, 1.165) is 68.1 Å². The van der Waals surface area contributed by atoms with E-state index < -0.39 is 0 Å². The number of hydrogen-bond acceptors (Lipinski definition) is 5. The summed E-state index contributed by atoms with van der Waals surface area (Å²) in [5.41, 5.74) is 3.37. The fourth-order valence-electron chi connectivity index (χ4n) is 5.61. The largest absolute Gasteiger partial charge is 0.496 e. The average Bonchev–Trinajstić information content (AvgIpc) is 3.58. The molecule has 1 amide bonds. The first-order valence-corrected chi connectivity index (χ1v) is 14.6. The summed E-state index contributed by atoms with van der Waals surface area (Å²) in [7, 11) is 1.73. The van der Waals surface area contributed by atoms with Gasteiger partial charge in [-0.05, 0) is 86.9 Å².